The summed E-state index contributed by atoms with van der Waals surface area (Å²) in [4.78, 5) is 23.7. The molecule has 0 aliphatic carbocycles. The molecular weight excluding hydrogens is 344 g/mol. The first kappa shape index (κ1) is 19.4. The zero-order valence-electron chi connectivity index (χ0n) is 14.2. The predicted molar refractivity (Wildman–Crippen MR) is 90.7 cm³/mol. The van der Waals surface area contributed by atoms with Gasteiger partial charge in [-0.3, -0.25) is 4.79 Å². The summed E-state index contributed by atoms with van der Waals surface area (Å²) in [5, 5.41) is 11.9. The first-order valence-corrected chi connectivity index (χ1v) is 8.00. The Hall–Kier alpha value is -2.96. The number of hydrogen-bond donors (Lipinski definition) is 2. The number of para-hydroxylation sites is 1. The fourth-order valence-electron chi connectivity index (χ4n) is 2.35. The third kappa shape index (κ3) is 4.78. The monoisotopic (exact) mass is 363 g/mol. The lowest BCUT2D eigenvalue weighted by atomic mass is 9.91. The van der Waals surface area contributed by atoms with Crippen molar-refractivity contribution in [3.8, 4) is 5.75 Å². The molecular formula is C19H19F2NO4. The van der Waals surface area contributed by atoms with Crippen molar-refractivity contribution in [1.29, 1.82) is 0 Å². The van der Waals surface area contributed by atoms with Gasteiger partial charge in [0.15, 0.2) is 17.1 Å². The van der Waals surface area contributed by atoms with Gasteiger partial charge < -0.3 is 15.2 Å². The molecule has 0 aromatic heterocycles. The summed E-state index contributed by atoms with van der Waals surface area (Å²) in [6.07, 6.45) is 0.276. The van der Waals surface area contributed by atoms with E-state index in [9.17, 15) is 23.5 Å². The van der Waals surface area contributed by atoms with Gasteiger partial charge in [0, 0.05) is 6.42 Å². The van der Waals surface area contributed by atoms with Gasteiger partial charge >= 0.3 is 5.97 Å². The smallest absolute Gasteiger partial charge is 0.333 e. The Bertz CT molecular complexity index is 779. The largest absolute Gasteiger partial charge is 0.491 e. The number of ether oxygens (including phenoxy) is 1. The fraction of sp³-hybridized carbons (Fsp3) is 0.263. The van der Waals surface area contributed by atoms with Crippen LogP contribution in [0.3, 0.4) is 0 Å². The van der Waals surface area contributed by atoms with Crippen molar-refractivity contribution >= 4 is 11.9 Å². The molecule has 1 amide bonds. The third-order valence-corrected chi connectivity index (χ3v) is 3.88. The molecule has 2 rings (SSSR count). The van der Waals surface area contributed by atoms with E-state index in [1.807, 2.05) is 0 Å². The van der Waals surface area contributed by atoms with Crippen LogP contribution in [-0.2, 0) is 15.1 Å². The molecule has 0 spiro atoms. The van der Waals surface area contributed by atoms with Crippen molar-refractivity contribution < 1.29 is 28.2 Å². The second kappa shape index (κ2) is 8.42. The maximum atomic E-state index is 13.4. The first-order valence-electron chi connectivity index (χ1n) is 8.00. The fourth-order valence-corrected chi connectivity index (χ4v) is 2.35. The number of hydrogen-bond acceptors (Lipinski definition) is 3. The first-order chi connectivity index (χ1) is 12.3. The summed E-state index contributed by atoms with van der Waals surface area (Å²) in [7, 11) is 0. The standard InChI is InChI=1S/C19H19F2NO4/c1-19(18(24)25,13-8-10-14(20)11-9-13)22-17(23)7-4-12-26-16-6-3-2-5-15(16)21/h2-3,5-6,8-11H,4,7,12H2,1H3,(H,22,23)(H,24,25). The van der Waals surface area contributed by atoms with E-state index >= 15 is 0 Å². The molecule has 2 aromatic carbocycles. The molecule has 0 bridgehead atoms. The molecule has 0 radical (unpaired) electrons. The number of aliphatic carboxylic acids is 1. The second-order valence-electron chi connectivity index (χ2n) is 5.87. The molecule has 7 heteroatoms. The van der Waals surface area contributed by atoms with E-state index in [2.05, 4.69) is 5.32 Å². The van der Waals surface area contributed by atoms with Gasteiger partial charge in [-0.25, -0.2) is 13.6 Å². The minimum Gasteiger partial charge on any atom is -0.491 e. The normalized spacial score (nSPS) is 12.9. The summed E-state index contributed by atoms with van der Waals surface area (Å²) >= 11 is 0. The minimum absolute atomic E-state index is 0.00147. The summed E-state index contributed by atoms with van der Waals surface area (Å²) in [6, 6.07) is 10.8. The Morgan fingerprint density at radius 1 is 1.12 bits per heavy atom. The molecule has 0 saturated carbocycles. The highest BCUT2D eigenvalue weighted by atomic mass is 19.1. The average Bonchev–Trinajstić information content (AvgIpc) is 2.60. The molecule has 2 N–H and O–H groups in total. The predicted octanol–water partition coefficient (Wildman–Crippen LogP) is 3.24. The van der Waals surface area contributed by atoms with Crippen LogP contribution in [0, 0.1) is 11.6 Å². The molecule has 1 unspecified atom stereocenters. The lowest BCUT2D eigenvalue weighted by Crippen LogP contribution is -2.49. The SMILES string of the molecule is CC(NC(=O)CCCOc1ccccc1F)(C(=O)O)c1ccc(F)cc1. The lowest BCUT2D eigenvalue weighted by molar-refractivity contribution is -0.147. The third-order valence-electron chi connectivity index (χ3n) is 3.88. The van der Waals surface area contributed by atoms with Gasteiger partial charge in [0.1, 0.15) is 5.82 Å². The van der Waals surface area contributed by atoms with Crippen LogP contribution in [0.4, 0.5) is 8.78 Å². The maximum absolute atomic E-state index is 13.4. The number of carboxylic acids is 1. The molecule has 2 aromatic rings. The Balaban J connectivity index is 1.91. The highest BCUT2D eigenvalue weighted by Gasteiger charge is 2.36. The van der Waals surface area contributed by atoms with Crippen molar-refractivity contribution in [2.75, 3.05) is 6.61 Å². The van der Waals surface area contributed by atoms with Gasteiger partial charge in [-0.1, -0.05) is 24.3 Å². The molecule has 26 heavy (non-hydrogen) atoms. The van der Waals surface area contributed by atoms with Crippen LogP contribution >= 0.6 is 0 Å². The van der Waals surface area contributed by atoms with Crippen LogP contribution in [-0.4, -0.2) is 23.6 Å². The molecule has 0 saturated heterocycles. The van der Waals surface area contributed by atoms with Gasteiger partial charge in [-0.15, -0.1) is 0 Å². The number of halogens is 2. The topological polar surface area (TPSA) is 75.6 Å². The molecule has 5 nitrogen and oxygen atoms in total. The van der Waals surface area contributed by atoms with Gasteiger partial charge in [-0.05, 0) is 43.2 Å². The summed E-state index contributed by atoms with van der Waals surface area (Å²) in [6.45, 7) is 1.44. The average molecular weight is 363 g/mol. The van der Waals surface area contributed by atoms with E-state index in [1.54, 1.807) is 6.07 Å². The quantitative estimate of drug-likeness (QED) is 0.706. The Morgan fingerprint density at radius 3 is 2.38 bits per heavy atom. The molecule has 0 fully saturated rings. The zero-order valence-corrected chi connectivity index (χ0v) is 14.2. The van der Waals surface area contributed by atoms with E-state index in [-0.39, 0.29) is 30.8 Å². The molecule has 0 heterocycles. The van der Waals surface area contributed by atoms with Gasteiger partial charge in [-0.2, -0.15) is 0 Å². The number of rotatable bonds is 8. The van der Waals surface area contributed by atoms with E-state index in [4.69, 9.17) is 4.74 Å². The minimum atomic E-state index is -1.68. The number of carbonyl (C=O) groups excluding carboxylic acids is 1. The van der Waals surface area contributed by atoms with Crippen molar-refractivity contribution in [3.63, 3.8) is 0 Å². The number of carboxylic acid groups (broad SMARTS) is 1. The van der Waals surface area contributed by atoms with Crippen molar-refractivity contribution in [3.05, 3.63) is 65.7 Å². The number of amides is 1. The molecule has 0 aliphatic rings. The second-order valence-corrected chi connectivity index (χ2v) is 5.87. The van der Waals surface area contributed by atoms with Gasteiger partial charge in [0.2, 0.25) is 5.91 Å². The lowest BCUT2D eigenvalue weighted by Gasteiger charge is -2.27. The summed E-state index contributed by atoms with van der Waals surface area (Å²) in [5.41, 5.74) is -1.43. The van der Waals surface area contributed by atoms with Crippen LogP contribution in [0.25, 0.3) is 0 Å². The summed E-state index contributed by atoms with van der Waals surface area (Å²) < 4.78 is 31.7. The van der Waals surface area contributed by atoms with Gasteiger partial charge in [0.05, 0.1) is 6.61 Å². The highest BCUT2D eigenvalue weighted by Crippen LogP contribution is 2.22. The van der Waals surface area contributed by atoms with Crippen molar-refractivity contribution in [1.82, 2.24) is 5.32 Å². The highest BCUT2D eigenvalue weighted by molar-refractivity contribution is 5.87. The van der Waals surface area contributed by atoms with Gasteiger partial charge in [0.25, 0.3) is 0 Å². The van der Waals surface area contributed by atoms with E-state index in [1.165, 1.54) is 37.3 Å². The molecule has 138 valence electrons. The van der Waals surface area contributed by atoms with Crippen molar-refractivity contribution in [2.24, 2.45) is 0 Å². The van der Waals surface area contributed by atoms with Crippen LogP contribution in [0.1, 0.15) is 25.3 Å². The maximum Gasteiger partial charge on any atom is 0.333 e. The van der Waals surface area contributed by atoms with Crippen LogP contribution in [0.2, 0.25) is 0 Å². The number of nitrogens with one attached hydrogen (secondary N) is 1. The Morgan fingerprint density at radius 2 is 1.77 bits per heavy atom. The molecule has 1 atom stereocenters. The van der Waals surface area contributed by atoms with E-state index < -0.39 is 29.0 Å². The number of carbonyl (C=O) groups is 2. The molecule has 0 aliphatic heterocycles. The number of benzene rings is 2. The van der Waals surface area contributed by atoms with Crippen LogP contribution in [0.5, 0.6) is 5.75 Å². The van der Waals surface area contributed by atoms with Crippen LogP contribution in [0.15, 0.2) is 48.5 Å². The summed E-state index contributed by atoms with van der Waals surface area (Å²) in [5.74, 6) is -2.67. The van der Waals surface area contributed by atoms with Crippen LogP contribution < -0.4 is 10.1 Å². The Kier molecular flexibility index (Phi) is 6.27. The van der Waals surface area contributed by atoms with Crippen molar-refractivity contribution in [2.45, 2.75) is 25.3 Å². The van der Waals surface area contributed by atoms with E-state index in [0.29, 0.717) is 0 Å². The Labute approximate surface area is 149 Å². The zero-order chi connectivity index (χ0) is 19.2. The van der Waals surface area contributed by atoms with E-state index in [0.717, 1.165) is 12.1 Å².